The van der Waals surface area contributed by atoms with Crippen LogP contribution in [0.4, 0.5) is 0 Å². The molecule has 3 amide bonds. The van der Waals surface area contributed by atoms with E-state index >= 15 is 0 Å². The molecule has 1 heterocycles. The Bertz CT molecular complexity index is 680. The van der Waals surface area contributed by atoms with Crippen LogP contribution in [0.1, 0.15) is 77.0 Å². The van der Waals surface area contributed by atoms with E-state index < -0.39 is 23.6 Å². The topological polar surface area (TPSA) is 117 Å². The molecule has 2 saturated carbocycles. The molecular formula is C20H31N5O3S. The number of imide groups is 1. The first-order valence-corrected chi connectivity index (χ1v) is 11.2. The van der Waals surface area contributed by atoms with Crippen molar-refractivity contribution in [3.05, 3.63) is 0 Å². The summed E-state index contributed by atoms with van der Waals surface area (Å²) < 4.78 is 0. The Labute approximate surface area is 177 Å². The minimum absolute atomic E-state index is 0.0321. The Morgan fingerprint density at radius 3 is 2.07 bits per heavy atom. The second-order valence-corrected chi connectivity index (χ2v) is 8.70. The van der Waals surface area contributed by atoms with Crippen molar-refractivity contribution in [1.29, 1.82) is 0 Å². The third-order valence-corrected chi connectivity index (χ3v) is 6.23. The van der Waals surface area contributed by atoms with Gasteiger partial charge < -0.3 is 11.1 Å². The molecule has 8 nitrogen and oxygen atoms in total. The smallest absolute Gasteiger partial charge is 0.278 e. The quantitative estimate of drug-likeness (QED) is 0.209. The van der Waals surface area contributed by atoms with Crippen molar-refractivity contribution in [3.63, 3.8) is 0 Å². The predicted octanol–water partition coefficient (Wildman–Crippen LogP) is 1.72. The maximum atomic E-state index is 13.2. The van der Waals surface area contributed by atoms with E-state index in [1.165, 1.54) is 4.90 Å². The zero-order valence-electron chi connectivity index (χ0n) is 16.8. The van der Waals surface area contributed by atoms with Gasteiger partial charge in [-0.25, -0.2) is 0 Å². The second kappa shape index (κ2) is 10.1. The first-order chi connectivity index (χ1) is 14.0. The van der Waals surface area contributed by atoms with Crippen LogP contribution in [0.15, 0.2) is 5.10 Å². The number of carbonyl (C=O) groups is 3. The first-order valence-electron chi connectivity index (χ1n) is 10.8. The van der Waals surface area contributed by atoms with Gasteiger partial charge in [-0.05, 0) is 37.9 Å². The van der Waals surface area contributed by atoms with Gasteiger partial charge in [0, 0.05) is 12.1 Å². The van der Waals surface area contributed by atoms with E-state index in [-0.39, 0.29) is 22.9 Å². The van der Waals surface area contributed by atoms with Crippen molar-refractivity contribution < 1.29 is 14.4 Å². The summed E-state index contributed by atoms with van der Waals surface area (Å²) in [7, 11) is 0. The molecule has 0 spiro atoms. The largest absolute Gasteiger partial charge is 0.375 e. The minimum atomic E-state index is -1.24. The molecule has 3 rings (SSSR count). The van der Waals surface area contributed by atoms with E-state index in [4.69, 9.17) is 18.0 Å². The Morgan fingerprint density at radius 2 is 1.52 bits per heavy atom. The van der Waals surface area contributed by atoms with E-state index in [0.717, 1.165) is 77.0 Å². The molecule has 0 bridgehead atoms. The predicted molar refractivity (Wildman–Crippen MR) is 114 cm³/mol. The number of amides is 3. The summed E-state index contributed by atoms with van der Waals surface area (Å²) in [4.78, 5) is 40.6. The highest BCUT2D eigenvalue weighted by Gasteiger charge is 2.51. The SMILES string of the molecule is NC(=S)NN=C1C(=O)N(C2CCCCCC2)C(=O)C1C(=O)NC1CCCCCC1. The summed E-state index contributed by atoms with van der Waals surface area (Å²) >= 11 is 4.77. The highest BCUT2D eigenvalue weighted by atomic mass is 32.1. The monoisotopic (exact) mass is 421 g/mol. The molecule has 2 aliphatic carbocycles. The van der Waals surface area contributed by atoms with E-state index in [9.17, 15) is 14.4 Å². The van der Waals surface area contributed by atoms with Crippen LogP contribution in [0.2, 0.25) is 0 Å². The molecule has 0 radical (unpaired) electrons. The van der Waals surface area contributed by atoms with Crippen molar-refractivity contribution in [2.45, 2.75) is 89.1 Å². The molecule has 1 aliphatic heterocycles. The average Bonchev–Trinajstić information content (AvgIpc) is 2.98. The van der Waals surface area contributed by atoms with Crippen LogP contribution in [0, 0.1) is 5.92 Å². The lowest BCUT2D eigenvalue weighted by atomic mass is 10.0. The molecule has 0 aromatic heterocycles. The number of likely N-dealkylation sites (tertiary alicyclic amines) is 1. The van der Waals surface area contributed by atoms with Crippen molar-refractivity contribution in [3.8, 4) is 0 Å². The Kier molecular flexibility index (Phi) is 7.57. The Morgan fingerprint density at radius 1 is 0.966 bits per heavy atom. The van der Waals surface area contributed by atoms with E-state index in [0.29, 0.717) is 0 Å². The zero-order chi connectivity index (χ0) is 20.8. The summed E-state index contributed by atoms with van der Waals surface area (Å²) in [5.74, 6) is -2.67. The van der Waals surface area contributed by atoms with Crippen LogP contribution < -0.4 is 16.5 Å². The third-order valence-electron chi connectivity index (χ3n) is 6.14. The van der Waals surface area contributed by atoms with Crippen LogP contribution in [-0.4, -0.2) is 45.5 Å². The standard InChI is InChI=1S/C20H31N5O3S/c21-20(29)24-23-16-15(17(26)22-13-9-5-1-2-6-10-13)18(27)25(19(16)28)14-11-7-3-4-8-12-14/h13-15H,1-12H2,(H,22,26)(H3,21,24,29). The Balaban J connectivity index is 1.81. The van der Waals surface area contributed by atoms with Crippen LogP contribution in [0.25, 0.3) is 0 Å². The molecule has 3 aliphatic rings. The lowest BCUT2D eigenvalue weighted by molar-refractivity contribution is -0.143. The summed E-state index contributed by atoms with van der Waals surface area (Å²) in [5.41, 5.74) is 7.72. The van der Waals surface area contributed by atoms with Gasteiger partial charge in [-0.3, -0.25) is 24.7 Å². The number of thiocarbonyl (C=S) groups is 1. The van der Waals surface area contributed by atoms with Gasteiger partial charge in [0.2, 0.25) is 11.8 Å². The lowest BCUT2D eigenvalue weighted by Gasteiger charge is -2.25. The van der Waals surface area contributed by atoms with Crippen LogP contribution >= 0.6 is 12.2 Å². The number of hydrogen-bond acceptors (Lipinski definition) is 5. The Hall–Kier alpha value is -2.03. The van der Waals surface area contributed by atoms with Crippen LogP contribution in [0.5, 0.6) is 0 Å². The first kappa shape index (κ1) is 21.7. The molecule has 1 saturated heterocycles. The van der Waals surface area contributed by atoms with Gasteiger partial charge in [-0.15, -0.1) is 0 Å². The van der Waals surface area contributed by atoms with Crippen molar-refractivity contribution in [2.24, 2.45) is 16.8 Å². The molecule has 3 fully saturated rings. The molecule has 4 N–H and O–H groups in total. The van der Waals surface area contributed by atoms with Gasteiger partial charge >= 0.3 is 0 Å². The van der Waals surface area contributed by atoms with Crippen molar-refractivity contribution in [1.82, 2.24) is 15.6 Å². The molecule has 1 atom stereocenters. The van der Waals surface area contributed by atoms with Crippen LogP contribution in [0.3, 0.4) is 0 Å². The highest BCUT2D eigenvalue weighted by Crippen LogP contribution is 2.29. The average molecular weight is 422 g/mol. The molecule has 9 heteroatoms. The highest BCUT2D eigenvalue weighted by molar-refractivity contribution is 7.80. The minimum Gasteiger partial charge on any atom is -0.375 e. The molecular weight excluding hydrogens is 390 g/mol. The van der Waals surface area contributed by atoms with Gasteiger partial charge in [0.25, 0.3) is 5.91 Å². The van der Waals surface area contributed by atoms with E-state index in [1.807, 2.05) is 0 Å². The lowest BCUT2D eigenvalue weighted by Crippen LogP contribution is -2.45. The maximum absolute atomic E-state index is 13.2. The molecule has 29 heavy (non-hydrogen) atoms. The fraction of sp³-hybridized carbons (Fsp3) is 0.750. The maximum Gasteiger partial charge on any atom is 0.278 e. The van der Waals surface area contributed by atoms with E-state index in [2.05, 4.69) is 15.8 Å². The number of nitrogens with two attached hydrogens (primary N) is 1. The second-order valence-electron chi connectivity index (χ2n) is 8.26. The van der Waals surface area contributed by atoms with E-state index in [1.54, 1.807) is 0 Å². The summed E-state index contributed by atoms with van der Waals surface area (Å²) in [5, 5.41) is 6.84. The molecule has 0 aromatic carbocycles. The number of nitrogens with one attached hydrogen (secondary N) is 2. The number of rotatable bonds is 4. The van der Waals surface area contributed by atoms with Gasteiger partial charge in [-0.1, -0.05) is 51.4 Å². The van der Waals surface area contributed by atoms with Gasteiger partial charge in [0.15, 0.2) is 11.0 Å². The summed E-state index contributed by atoms with van der Waals surface area (Å²) in [6.07, 6.45) is 11.9. The normalized spacial score (nSPS) is 26.3. The fourth-order valence-electron chi connectivity index (χ4n) is 4.64. The number of carbonyl (C=O) groups excluding carboxylic acids is 3. The number of nitrogens with zero attached hydrogens (tertiary/aromatic N) is 2. The summed E-state index contributed by atoms with van der Waals surface area (Å²) in [6.45, 7) is 0. The van der Waals surface area contributed by atoms with Gasteiger partial charge in [0.05, 0.1) is 0 Å². The summed E-state index contributed by atoms with van der Waals surface area (Å²) in [6, 6.07) is -0.146. The number of hydrazone groups is 1. The molecule has 160 valence electrons. The number of hydrogen-bond donors (Lipinski definition) is 3. The van der Waals surface area contributed by atoms with Crippen LogP contribution in [-0.2, 0) is 14.4 Å². The molecule has 1 unspecified atom stereocenters. The zero-order valence-corrected chi connectivity index (χ0v) is 17.6. The molecule has 0 aromatic rings. The van der Waals surface area contributed by atoms with Crippen molar-refractivity contribution >= 4 is 40.8 Å². The fourth-order valence-corrected chi connectivity index (χ4v) is 4.68. The third kappa shape index (κ3) is 5.32. The van der Waals surface area contributed by atoms with Crippen molar-refractivity contribution in [2.75, 3.05) is 0 Å². The van der Waals surface area contributed by atoms with Gasteiger partial charge in [-0.2, -0.15) is 5.10 Å². The van der Waals surface area contributed by atoms with Gasteiger partial charge in [0.1, 0.15) is 5.71 Å².